The van der Waals surface area contributed by atoms with Crippen molar-refractivity contribution < 1.29 is 28.9 Å². The number of fused-ring (bicyclic) bond motifs is 1. The van der Waals surface area contributed by atoms with E-state index in [-0.39, 0.29) is 30.1 Å². The zero-order valence-electron chi connectivity index (χ0n) is 11.0. The predicted octanol–water partition coefficient (Wildman–Crippen LogP) is -1.72. The highest BCUT2D eigenvalue weighted by Crippen LogP contribution is 2.27. The minimum Gasteiger partial charge on any atom is -1.00 e. The molecule has 0 bridgehead atoms. The topological polar surface area (TPSA) is 46.6 Å². The molecule has 2 aromatic rings. The number of para-hydroxylation sites is 1. The first kappa shape index (κ1) is 14.2. The lowest BCUT2D eigenvalue weighted by Crippen LogP contribution is -3.06. The molecule has 2 heterocycles. The number of benzene rings is 1. The zero-order valence-corrected chi connectivity index (χ0v) is 13.1. The fourth-order valence-electron chi connectivity index (χ4n) is 2.59. The first-order valence-electron chi connectivity index (χ1n) is 6.12. The average Bonchev–Trinajstić information content (AvgIpc) is 2.64. The Morgan fingerprint density at radius 2 is 1.95 bits per heavy atom. The van der Waals surface area contributed by atoms with E-state index in [4.69, 9.17) is 5.84 Å². The molecule has 19 heavy (non-hydrogen) atoms. The van der Waals surface area contributed by atoms with E-state index in [0.717, 1.165) is 11.5 Å². The minimum atomic E-state index is 0. The van der Waals surface area contributed by atoms with Gasteiger partial charge in [0.1, 0.15) is 11.4 Å². The standard InChI is InChI=1S/C14H16N4.HI/c1-10-6-3-4-7-12(10)17-11(2)18(15)13-8-5-9-16-14(13)17;/h3-9,11H,15H2,1-2H3;1H/t11-;/m1./s1. The first-order valence-corrected chi connectivity index (χ1v) is 6.12. The van der Waals surface area contributed by atoms with Gasteiger partial charge in [-0.2, -0.15) is 0 Å². The summed E-state index contributed by atoms with van der Waals surface area (Å²) in [5.41, 5.74) is 3.49. The van der Waals surface area contributed by atoms with Gasteiger partial charge < -0.3 is 24.0 Å². The Bertz CT molecular complexity index is 587. The van der Waals surface area contributed by atoms with Crippen LogP contribution in [0.4, 0.5) is 17.2 Å². The number of halogens is 1. The molecule has 0 amide bonds. The number of nitrogens with two attached hydrogens (primary N) is 1. The number of anilines is 1. The second kappa shape index (κ2) is 5.44. The molecule has 2 atom stereocenters. The molecule has 4 nitrogen and oxygen atoms in total. The maximum Gasteiger partial charge on any atom is 0.258 e. The third-order valence-electron chi connectivity index (χ3n) is 3.59. The molecule has 100 valence electrons. The van der Waals surface area contributed by atoms with Crippen molar-refractivity contribution in [3.63, 3.8) is 0 Å². The maximum atomic E-state index is 6.14. The molecular weight excluding hydrogens is 351 g/mol. The van der Waals surface area contributed by atoms with Gasteiger partial charge in [0.2, 0.25) is 0 Å². The van der Waals surface area contributed by atoms with E-state index in [1.54, 1.807) is 5.01 Å². The van der Waals surface area contributed by atoms with Gasteiger partial charge in [0.15, 0.2) is 6.17 Å². The van der Waals surface area contributed by atoms with Crippen LogP contribution >= 0.6 is 0 Å². The van der Waals surface area contributed by atoms with E-state index in [9.17, 15) is 0 Å². The number of pyridine rings is 1. The predicted molar refractivity (Wildman–Crippen MR) is 71.8 cm³/mol. The van der Waals surface area contributed by atoms with Crippen molar-refractivity contribution in [1.29, 1.82) is 0 Å². The van der Waals surface area contributed by atoms with Crippen LogP contribution in [0.1, 0.15) is 12.5 Å². The van der Waals surface area contributed by atoms with Crippen LogP contribution in [0.15, 0.2) is 42.6 Å². The molecule has 5 heteroatoms. The van der Waals surface area contributed by atoms with Crippen LogP contribution in [0.25, 0.3) is 0 Å². The van der Waals surface area contributed by atoms with Crippen LogP contribution < -0.4 is 39.7 Å². The summed E-state index contributed by atoms with van der Waals surface area (Å²) < 4.78 is 0. The van der Waals surface area contributed by atoms with Gasteiger partial charge in [-0.05, 0) is 25.1 Å². The maximum absolute atomic E-state index is 6.14. The zero-order chi connectivity index (χ0) is 12.7. The van der Waals surface area contributed by atoms with Crippen molar-refractivity contribution in [1.82, 2.24) is 4.98 Å². The lowest BCUT2D eigenvalue weighted by atomic mass is 10.2. The Kier molecular flexibility index (Phi) is 4.07. The molecule has 3 N–H and O–H groups in total. The number of rotatable bonds is 1. The van der Waals surface area contributed by atoms with E-state index in [1.165, 1.54) is 16.2 Å². The molecule has 1 aliphatic rings. The third-order valence-corrected chi connectivity index (χ3v) is 3.59. The average molecular weight is 368 g/mol. The van der Waals surface area contributed by atoms with E-state index < -0.39 is 0 Å². The van der Waals surface area contributed by atoms with Crippen LogP contribution in [0.3, 0.4) is 0 Å². The summed E-state index contributed by atoms with van der Waals surface area (Å²) in [6.45, 7) is 4.24. The fourth-order valence-corrected chi connectivity index (χ4v) is 2.59. The fraction of sp³-hybridized carbons (Fsp3) is 0.214. The number of quaternary nitrogens is 1. The summed E-state index contributed by atoms with van der Waals surface area (Å²) >= 11 is 0. The van der Waals surface area contributed by atoms with E-state index >= 15 is 0 Å². The van der Waals surface area contributed by atoms with Crippen LogP contribution in [-0.2, 0) is 0 Å². The molecule has 1 unspecified atom stereocenters. The molecular formula is C14H17IN4. The summed E-state index contributed by atoms with van der Waals surface area (Å²) in [4.78, 5) is 5.71. The molecule has 1 aromatic heterocycles. The molecule has 0 aliphatic carbocycles. The number of hydrogen-bond donors (Lipinski definition) is 2. The van der Waals surface area contributed by atoms with Gasteiger partial charge in [0.25, 0.3) is 5.82 Å². The van der Waals surface area contributed by atoms with Gasteiger partial charge in [0.05, 0.1) is 0 Å². The van der Waals surface area contributed by atoms with Gasteiger partial charge >= 0.3 is 0 Å². The summed E-state index contributed by atoms with van der Waals surface area (Å²) in [6.07, 6.45) is 1.97. The molecule has 0 spiro atoms. The SMILES string of the molecule is Cc1ccccc1[NH+]1c2ncccc2N(N)[C@@H]1C.[I-]. The van der Waals surface area contributed by atoms with Crippen molar-refractivity contribution in [3.8, 4) is 0 Å². The van der Waals surface area contributed by atoms with E-state index in [0.29, 0.717) is 0 Å². The molecule has 0 radical (unpaired) electrons. The van der Waals surface area contributed by atoms with E-state index in [1.807, 2.05) is 18.3 Å². The van der Waals surface area contributed by atoms with Gasteiger partial charge in [0, 0.05) is 18.7 Å². The minimum absolute atomic E-state index is 0. The highest BCUT2D eigenvalue weighted by Gasteiger charge is 2.39. The monoisotopic (exact) mass is 368 g/mol. The van der Waals surface area contributed by atoms with Gasteiger partial charge in [-0.15, -0.1) is 0 Å². The summed E-state index contributed by atoms with van der Waals surface area (Å²) in [5.74, 6) is 7.14. The highest BCUT2D eigenvalue weighted by atomic mass is 127. The van der Waals surface area contributed by atoms with Crippen LogP contribution in [0, 0.1) is 6.92 Å². The Balaban J connectivity index is 0.00000133. The van der Waals surface area contributed by atoms with Crippen molar-refractivity contribution >= 4 is 17.2 Å². The lowest BCUT2D eigenvalue weighted by molar-refractivity contribution is -0.783. The summed E-state index contributed by atoms with van der Waals surface area (Å²) in [6, 6.07) is 12.3. The summed E-state index contributed by atoms with van der Waals surface area (Å²) in [7, 11) is 0. The Morgan fingerprint density at radius 1 is 1.21 bits per heavy atom. The van der Waals surface area contributed by atoms with Crippen LogP contribution in [-0.4, -0.2) is 11.1 Å². The molecule has 0 saturated heterocycles. The molecule has 0 fully saturated rings. The van der Waals surface area contributed by atoms with Crippen molar-refractivity contribution in [3.05, 3.63) is 48.2 Å². The number of hydrogen-bond acceptors (Lipinski definition) is 3. The second-order valence-electron chi connectivity index (χ2n) is 4.68. The van der Waals surface area contributed by atoms with Crippen molar-refractivity contribution in [2.45, 2.75) is 20.0 Å². The number of nitrogens with one attached hydrogen (secondary N) is 1. The smallest absolute Gasteiger partial charge is 0.258 e. The quantitative estimate of drug-likeness (QED) is 0.465. The van der Waals surface area contributed by atoms with Crippen molar-refractivity contribution in [2.24, 2.45) is 5.84 Å². The van der Waals surface area contributed by atoms with Crippen LogP contribution in [0.5, 0.6) is 0 Å². The Morgan fingerprint density at radius 3 is 2.68 bits per heavy atom. The van der Waals surface area contributed by atoms with E-state index in [2.05, 4.69) is 43.1 Å². The first-order chi connectivity index (χ1) is 8.70. The summed E-state index contributed by atoms with van der Waals surface area (Å²) in [5, 5.41) is 1.80. The Hall–Kier alpha value is -1.18. The number of aromatic nitrogens is 1. The lowest BCUT2D eigenvalue weighted by Gasteiger charge is -2.21. The number of nitrogens with zero attached hydrogens (tertiary/aromatic N) is 2. The van der Waals surface area contributed by atoms with Crippen molar-refractivity contribution in [2.75, 3.05) is 5.01 Å². The van der Waals surface area contributed by atoms with Gasteiger partial charge in [-0.1, -0.05) is 18.2 Å². The normalized spacial score (nSPS) is 20.9. The third kappa shape index (κ3) is 2.22. The highest BCUT2D eigenvalue weighted by molar-refractivity contribution is 5.63. The molecule has 1 aromatic carbocycles. The molecule has 3 rings (SSSR count). The second-order valence-corrected chi connectivity index (χ2v) is 4.68. The molecule has 1 aliphatic heterocycles. The van der Waals surface area contributed by atoms with Gasteiger partial charge in [-0.25, -0.2) is 15.7 Å². The Labute approximate surface area is 130 Å². The van der Waals surface area contributed by atoms with Gasteiger partial charge in [-0.3, -0.25) is 5.01 Å². The number of aryl methyl sites for hydroxylation is 1. The number of hydrazine groups is 1. The van der Waals surface area contributed by atoms with Crippen LogP contribution in [0.2, 0.25) is 0 Å². The largest absolute Gasteiger partial charge is 1.00 e. The molecule has 0 saturated carbocycles.